The minimum atomic E-state index is -1.24. The normalized spacial score (nSPS) is 11.3. The molecule has 2 N–H and O–H groups in total. The van der Waals surface area contributed by atoms with Gasteiger partial charge >= 0.3 is 11.9 Å². The van der Waals surface area contributed by atoms with E-state index in [0.717, 1.165) is 5.56 Å². The predicted molar refractivity (Wildman–Crippen MR) is 84.9 cm³/mol. The van der Waals surface area contributed by atoms with Crippen LogP contribution in [0.5, 0.6) is 0 Å². The Labute approximate surface area is 135 Å². The number of hydrogen-bond donors (Lipinski definition) is 2. The van der Waals surface area contributed by atoms with Crippen LogP contribution in [-0.2, 0) is 23.9 Å². The zero-order chi connectivity index (χ0) is 17.2. The van der Waals surface area contributed by atoms with Gasteiger partial charge in [-0.25, -0.2) is 4.79 Å². The van der Waals surface area contributed by atoms with E-state index >= 15 is 0 Å². The Morgan fingerprint density at radius 1 is 1.04 bits per heavy atom. The molecule has 0 bridgehead atoms. The van der Waals surface area contributed by atoms with Crippen molar-refractivity contribution in [3.05, 3.63) is 29.8 Å². The van der Waals surface area contributed by atoms with Crippen molar-refractivity contribution in [2.45, 2.75) is 26.8 Å². The minimum absolute atomic E-state index is 0.149. The van der Waals surface area contributed by atoms with E-state index in [4.69, 9.17) is 9.47 Å². The van der Waals surface area contributed by atoms with Crippen LogP contribution in [0.2, 0.25) is 0 Å². The van der Waals surface area contributed by atoms with Gasteiger partial charge < -0.3 is 20.1 Å². The van der Waals surface area contributed by atoms with E-state index in [2.05, 4.69) is 10.6 Å². The summed E-state index contributed by atoms with van der Waals surface area (Å²) in [5, 5.41) is 5.17. The first-order valence-electron chi connectivity index (χ1n) is 7.41. The zero-order valence-corrected chi connectivity index (χ0v) is 13.5. The van der Waals surface area contributed by atoms with Crippen molar-refractivity contribution in [1.82, 2.24) is 5.32 Å². The van der Waals surface area contributed by atoms with Gasteiger partial charge in [0, 0.05) is 5.69 Å². The van der Waals surface area contributed by atoms with Crippen molar-refractivity contribution in [3.63, 3.8) is 0 Å². The van der Waals surface area contributed by atoms with Gasteiger partial charge in [-0.3, -0.25) is 9.59 Å². The summed E-state index contributed by atoms with van der Waals surface area (Å²) in [6.07, 6.45) is 0. The van der Waals surface area contributed by atoms with E-state index in [-0.39, 0.29) is 19.8 Å². The molecule has 1 amide bonds. The molecule has 23 heavy (non-hydrogen) atoms. The quantitative estimate of drug-likeness (QED) is 0.548. The summed E-state index contributed by atoms with van der Waals surface area (Å²) in [5.74, 6) is -1.94. The Hall–Kier alpha value is -2.57. The van der Waals surface area contributed by atoms with Crippen molar-refractivity contribution >= 4 is 23.5 Å². The van der Waals surface area contributed by atoms with Gasteiger partial charge in [0.2, 0.25) is 6.04 Å². The lowest BCUT2D eigenvalue weighted by Crippen LogP contribution is -2.47. The van der Waals surface area contributed by atoms with Gasteiger partial charge in [-0.15, -0.1) is 0 Å². The molecule has 0 aliphatic heterocycles. The number of anilines is 1. The van der Waals surface area contributed by atoms with Crippen molar-refractivity contribution in [1.29, 1.82) is 0 Å². The van der Waals surface area contributed by atoms with E-state index in [9.17, 15) is 14.4 Å². The highest BCUT2D eigenvalue weighted by Gasteiger charge is 2.28. The Kier molecular flexibility index (Phi) is 7.59. The fraction of sp³-hybridized carbons (Fsp3) is 0.438. The second-order valence-corrected chi connectivity index (χ2v) is 4.72. The molecule has 1 aromatic carbocycles. The lowest BCUT2D eigenvalue weighted by Gasteiger charge is -2.18. The van der Waals surface area contributed by atoms with Crippen molar-refractivity contribution in [2.24, 2.45) is 0 Å². The Bertz CT molecular complexity index is 542. The third-order valence-corrected chi connectivity index (χ3v) is 2.86. The molecule has 7 nitrogen and oxygen atoms in total. The third kappa shape index (κ3) is 6.37. The molecular weight excluding hydrogens is 300 g/mol. The summed E-state index contributed by atoms with van der Waals surface area (Å²) < 4.78 is 9.62. The lowest BCUT2D eigenvalue weighted by molar-refractivity contribution is -0.149. The van der Waals surface area contributed by atoms with Crippen LogP contribution in [0.3, 0.4) is 0 Å². The molecule has 0 heterocycles. The molecule has 1 aromatic rings. The highest BCUT2D eigenvalue weighted by Crippen LogP contribution is 2.11. The lowest BCUT2D eigenvalue weighted by atomic mass is 10.2. The van der Waals surface area contributed by atoms with Gasteiger partial charge in [-0.05, 0) is 32.9 Å². The minimum Gasteiger partial charge on any atom is -0.465 e. The molecule has 0 saturated carbocycles. The average Bonchev–Trinajstić information content (AvgIpc) is 2.52. The number of benzene rings is 1. The van der Waals surface area contributed by atoms with Crippen LogP contribution in [-0.4, -0.2) is 43.6 Å². The first kappa shape index (κ1) is 18.5. The van der Waals surface area contributed by atoms with Crippen molar-refractivity contribution in [3.8, 4) is 0 Å². The molecule has 0 unspecified atom stereocenters. The molecule has 0 fully saturated rings. The number of nitrogens with one attached hydrogen (secondary N) is 2. The number of carbonyl (C=O) groups is 3. The molecule has 1 rings (SSSR count). The molecule has 1 atom stereocenters. The molecule has 126 valence electrons. The fourth-order valence-electron chi connectivity index (χ4n) is 1.75. The number of amides is 1. The summed E-state index contributed by atoms with van der Waals surface area (Å²) in [7, 11) is 0. The number of carbonyl (C=O) groups excluding carboxylic acids is 3. The fourth-order valence-corrected chi connectivity index (χ4v) is 1.75. The van der Waals surface area contributed by atoms with Crippen LogP contribution in [0.25, 0.3) is 0 Å². The molecule has 7 heteroatoms. The van der Waals surface area contributed by atoms with Gasteiger partial charge in [0.15, 0.2) is 0 Å². The largest absolute Gasteiger partial charge is 0.465 e. The second-order valence-electron chi connectivity index (χ2n) is 4.72. The molecule has 0 aromatic heterocycles. The number of hydrogen-bond acceptors (Lipinski definition) is 6. The standard InChI is InChI=1S/C16H22N2O5/c1-4-22-13(19)10-17-15(20)14(16(21)23-5-2)18-12-8-6-11(3)7-9-12/h6-9,14,18H,4-5,10H2,1-3H3,(H,17,20)/t14-/m0/s1. The summed E-state index contributed by atoms with van der Waals surface area (Å²) in [4.78, 5) is 35.4. The average molecular weight is 322 g/mol. The molecule has 0 aliphatic rings. The summed E-state index contributed by atoms with van der Waals surface area (Å²) in [5.41, 5.74) is 1.65. The van der Waals surface area contributed by atoms with E-state index in [0.29, 0.717) is 5.69 Å². The van der Waals surface area contributed by atoms with Crippen LogP contribution in [0, 0.1) is 6.92 Å². The predicted octanol–water partition coefficient (Wildman–Crippen LogP) is 1.02. The van der Waals surface area contributed by atoms with Gasteiger partial charge in [0.05, 0.1) is 13.2 Å². The van der Waals surface area contributed by atoms with Gasteiger partial charge in [0.1, 0.15) is 6.54 Å². The summed E-state index contributed by atoms with van der Waals surface area (Å²) >= 11 is 0. The molecule has 0 radical (unpaired) electrons. The number of ether oxygens (including phenoxy) is 2. The maximum atomic E-state index is 12.2. The first-order valence-corrected chi connectivity index (χ1v) is 7.41. The molecule has 0 aliphatic carbocycles. The molecule has 0 spiro atoms. The monoisotopic (exact) mass is 322 g/mol. The van der Waals surface area contributed by atoms with Gasteiger partial charge in [-0.1, -0.05) is 17.7 Å². The van der Waals surface area contributed by atoms with Crippen LogP contribution < -0.4 is 10.6 Å². The van der Waals surface area contributed by atoms with Crippen LogP contribution in [0.1, 0.15) is 19.4 Å². The van der Waals surface area contributed by atoms with Crippen LogP contribution in [0.4, 0.5) is 5.69 Å². The van der Waals surface area contributed by atoms with E-state index in [1.165, 1.54) is 0 Å². The van der Waals surface area contributed by atoms with Crippen molar-refractivity contribution < 1.29 is 23.9 Å². The number of esters is 2. The maximum absolute atomic E-state index is 12.2. The SMILES string of the molecule is CCOC(=O)CNC(=O)[C@H](Nc1ccc(C)cc1)C(=O)OCC. The Morgan fingerprint density at radius 2 is 1.65 bits per heavy atom. The molecule has 0 saturated heterocycles. The molecular formula is C16H22N2O5. The second kappa shape index (κ2) is 9.45. The number of rotatable bonds is 8. The Balaban J connectivity index is 2.75. The smallest absolute Gasteiger partial charge is 0.338 e. The van der Waals surface area contributed by atoms with Crippen LogP contribution >= 0.6 is 0 Å². The highest BCUT2D eigenvalue weighted by molar-refractivity contribution is 6.05. The number of aryl methyl sites for hydroxylation is 1. The Morgan fingerprint density at radius 3 is 2.22 bits per heavy atom. The summed E-state index contributed by atoms with van der Waals surface area (Å²) in [6, 6.07) is 5.95. The maximum Gasteiger partial charge on any atom is 0.338 e. The van der Waals surface area contributed by atoms with Crippen LogP contribution in [0.15, 0.2) is 24.3 Å². The first-order chi connectivity index (χ1) is 11.0. The zero-order valence-electron chi connectivity index (χ0n) is 13.5. The van der Waals surface area contributed by atoms with Gasteiger partial charge in [0.25, 0.3) is 5.91 Å². The summed E-state index contributed by atoms with van der Waals surface area (Å²) in [6.45, 7) is 5.31. The van der Waals surface area contributed by atoms with Crippen molar-refractivity contribution in [2.75, 3.05) is 25.1 Å². The van der Waals surface area contributed by atoms with E-state index in [1.807, 2.05) is 19.1 Å². The highest BCUT2D eigenvalue weighted by atomic mass is 16.5. The van der Waals surface area contributed by atoms with E-state index in [1.54, 1.807) is 26.0 Å². The van der Waals surface area contributed by atoms with E-state index < -0.39 is 23.9 Å². The van der Waals surface area contributed by atoms with Gasteiger partial charge in [-0.2, -0.15) is 0 Å². The third-order valence-electron chi connectivity index (χ3n) is 2.86. The topological polar surface area (TPSA) is 93.7 Å².